The van der Waals surface area contributed by atoms with Crippen LogP contribution in [0.5, 0.6) is 0 Å². The van der Waals surface area contributed by atoms with Crippen LogP contribution in [-0.2, 0) is 25.7 Å². The molecule has 29 heavy (non-hydrogen) atoms. The van der Waals surface area contributed by atoms with Crippen LogP contribution in [0.2, 0.25) is 0 Å². The van der Waals surface area contributed by atoms with E-state index in [1.165, 1.54) is 36.4 Å². The second-order valence-corrected chi connectivity index (χ2v) is 7.11. The third-order valence-corrected chi connectivity index (χ3v) is 4.80. The molecule has 2 aromatic carbocycles. The van der Waals surface area contributed by atoms with Crippen molar-refractivity contribution < 1.29 is 23.5 Å². The zero-order valence-corrected chi connectivity index (χ0v) is 16.5. The first kappa shape index (κ1) is 20.5. The Morgan fingerprint density at radius 1 is 1.10 bits per heavy atom. The van der Waals surface area contributed by atoms with Gasteiger partial charge in [0.25, 0.3) is 0 Å². The lowest BCUT2D eigenvalue weighted by Crippen LogP contribution is -2.44. The Hall–Kier alpha value is -3.22. The lowest BCUT2D eigenvalue weighted by atomic mass is 9.85. The normalized spacial score (nSPS) is 18.5. The molecule has 1 aliphatic heterocycles. The van der Waals surface area contributed by atoms with E-state index >= 15 is 0 Å². The molecule has 1 aliphatic rings. The number of ether oxygens (including phenoxy) is 2. The van der Waals surface area contributed by atoms with Crippen LogP contribution in [-0.4, -0.2) is 30.8 Å². The van der Waals surface area contributed by atoms with Gasteiger partial charge in [-0.15, -0.1) is 0 Å². The van der Waals surface area contributed by atoms with E-state index in [-0.39, 0.29) is 18.2 Å². The van der Waals surface area contributed by atoms with Crippen molar-refractivity contribution in [2.45, 2.75) is 26.5 Å². The summed E-state index contributed by atoms with van der Waals surface area (Å²) >= 11 is 0. The highest BCUT2D eigenvalue weighted by Crippen LogP contribution is 2.34. The maximum atomic E-state index is 13.4. The summed E-state index contributed by atoms with van der Waals surface area (Å²) in [5, 5.41) is 5.79. The minimum absolute atomic E-state index is 0.0902. The van der Waals surface area contributed by atoms with Gasteiger partial charge in [0.1, 0.15) is 12.4 Å². The molecule has 0 aromatic heterocycles. The van der Waals surface area contributed by atoms with E-state index in [1.807, 2.05) is 44.2 Å². The Balaban J connectivity index is 1.93. The van der Waals surface area contributed by atoms with E-state index in [2.05, 4.69) is 5.10 Å². The molecule has 0 fully saturated rings. The second kappa shape index (κ2) is 8.86. The van der Waals surface area contributed by atoms with Crippen LogP contribution in [0.15, 0.2) is 59.7 Å². The number of benzene rings is 2. The monoisotopic (exact) mass is 398 g/mol. The molecule has 1 heterocycles. The van der Waals surface area contributed by atoms with Gasteiger partial charge in [-0.05, 0) is 35.7 Å². The Morgan fingerprint density at radius 2 is 1.76 bits per heavy atom. The molecule has 152 valence electrons. The quantitative estimate of drug-likeness (QED) is 0.696. The molecule has 3 rings (SSSR count). The fraction of sp³-hybridized carbons (Fsp3) is 0.318. The van der Waals surface area contributed by atoms with Gasteiger partial charge in [-0.2, -0.15) is 5.10 Å². The molecule has 2 aromatic rings. The predicted octanol–water partition coefficient (Wildman–Crippen LogP) is 3.56. The summed E-state index contributed by atoms with van der Waals surface area (Å²) in [5.74, 6) is -2.15. The van der Waals surface area contributed by atoms with E-state index in [0.29, 0.717) is 5.69 Å². The summed E-state index contributed by atoms with van der Waals surface area (Å²) in [5.41, 5.74) is 1.48. The minimum atomic E-state index is -0.863. The van der Waals surface area contributed by atoms with Crippen molar-refractivity contribution in [1.82, 2.24) is 0 Å². The van der Waals surface area contributed by atoms with Crippen molar-refractivity contribution in [2.24, 2.45) is 16.9 Å². The summed E-state index contributed by atoms with van der Waals surface area (Å²) in [6.07, 6.45) is 0. The highest BCUT2D eigenvalue weighted by atomic mass is 19.1. The van der Waals surface area contributed by atoms with Gasteiger partial charge in [-0.25, -0.2) is 19.0 Å². The molecule has 0 spiro atoms. The standard InChI is InChI=1S/C22H23FN2O4/c1-14(2)18-19(21(26)28-3)24-25(17-11-9-16(23)10-12-17)20(18)22(27)29-13-15-7-5-4-6-8-15/h4-12,14,18,20H,13H2,1-3H3. The van der Waals surface area contributed by atoms with Crippen LogP contribution in [0, 0.1) is 17.7 Å². The number of methoxy groups -OCH3 is 1. The van der Waals surface area contributed by atoms with Gasteiger partial charge in [-0.1, -0.05) is 44.2 Å². The van der Waals surface area contributed by atoms with E-state index < -0.39 is 29.7 Å². The third-order valence-electron chi connectivity index (χ3n) is 4.80. The van der Waals surface area contributed by atoms with Gasteiger partial charge in [0.2, 0.25) is 0 Å². The number of rotatable bonds is 6. The molecule has 2 unspecified atom stereocenters. The molecule has 6 nitrogen and oxygen atoms in total. The molecule has 0 amide bonds. The van der Waals surface area contributed by atoms with Crippen LogP contribution >= 0.6 is 0 Å². The first-order chi connectivity index (χ1) is 13.9. The first-order valence-corrected chi connectivity index (χ1v) is 9.34. The van der Waals surface area contributed by atoms with Gasteiger partial charge in [-0.3, -0.25) is 0 Å². The molecule has 0 radical (unpaired) electrons. The predicted molar refractivity (Wildman–Crippen MR) is 107 cm³/mol. The van der Waals surface area contributed by atoms with E-state index in [0.717, 1.165) is 5.56 Å². The van der Waals surface area contributed by atoms with Gasteiger partial charge in [0.05, 0.1) is 12.8 Å². The summed E-state index contributed by atoms with van der Waals surface area (Å²) in [7, 11) is 1.27. The first-order valence-electron chi connectivity index (χ1n) is 9.34. The van der Waals surface area contributed by atoms with Gasteiger partial charge >= 0.3 is 11.9 Å². The Kier molecular flexibility index (Phi) is 6.26. The fourth-order valence-corrected chi connectivity index (χ4v) is 3.38. The lowest BCUT2D eigenvalue weighted by molar-refractivity contribution is -0.147. The fourth-order valence-electron chi connectivity index (χ4n) is 3.38. The van der Waals surface area contributed by atoms with Crippen LogP contribution in [0.25, 0.3) is 0 Å². The third kappa shape index (κ3) is 4.45. The van der Waals surface area contributed by atoms with Crippen LogP contribution in [0.4, 0.5) is 10.1 Å². The van der Waals surface area contributed by atoms with E-state index in [1.54, 1.807) is 0 Å². The molecular formula is C22H23FN2O4. The van der Waals surface area contributed by atoms with Crippen molar-refractivity contribution in [3.05, 3.63) is 66.0 Å². The maximum Gasteiger partial charge on any atom is 0.354 e. The smallest absolute Gasteiger partial charge is 0.354 e. The molecule has 7 heteroatoms. The molecular weight excluding hydrogens is 375 g/mol. The average Bonchev–Trinajstić information content (AvgIpc) is 3.14. The van der Waals surface area contributed by atoms with Gasteiger partial charge in [0.15, 0.2) is 11.8 Å². The Bertz CT molecular complexity index is 897. The number of carbonyl (C=O) groups is 2. The largest absolute Gasteiger partial charge is 0.464 e. The SMILES string of the molecule is COC(=O)C1=NN(c2ccc(F)cc2)C(C(=O)OCc2ccccc2)C1C(C)C. The van der Waals surface area contributed by atoms with Gasteiger partial charge < -0.3 is 9.47 Å². The van der Waals surface area contributed by atoms with E-state index in [9.17, 15) is 14.0 Å². The summed E-state index contributed by atoms with van der Waals surface area (Å²) in [6, 6.07) is 14.0. The number of anilines is 1. The summed E-state index contributed by atoms with van der Waals surface area (Å²) < 4.78 is 23.8. The molecule has 0 N–H and O–H groups in total. The molecule has 0 bridgehead atoms. The summed E-state index contributed by atoms with van der Waals surface area (Å²) in [6.45, 7) is 3.90. The van der Waals surface area contributed by atoms with Gasteiger partial charge in [0, 0.05) is 5.92 Å². The van der Waals surface area contributed by atoms with Crippen LogP contribution < -0.4 is 5.01 Å². The number of hydrogen-bond acceptors (Lipinski definition) is 6. The Labute approximate surface area is 168 Å². The maximum absolute atomic E-state index is 13.4. The highest BCUT2D eigenvalue weighted by Gasteiger charge is 2.48. The highest BCUT2D eigenvalue weighted by molar-refractivity contribution is 6.39. The van der Waals surface area contributed by atoms with Crippen molar-refractivity contribution in [1.29, 1.82) is 0 Å². The van der Waals surface area contributed by atoms with E-state index in [4.69, 9.17) is 9.47 Å². The number of hydrazone groups is 1. The second-order valence-electron chi connectivity index (χ2n) is 7.11. The number of carbonyl (C=O) groups excluding carboxylic acids is 2. The summed E-state index contributed by atoms with van der Waals surface area (Å²) in [4.78, 5) is 25.4. The lowest BCUT2D eigenvalue weighted by Gasteiger charge is -2.28. The van der Waals surface area contributed by atoms with Crippen molar-refractivity contribution in [2.75, 3.05) is 12.1 Å². The molecule has 0 aliphatic carbocycles. The molecule has 0 saturated carbocycles. The zero-order chi connectivity index (χ0) is 21.0. The zero-order valence-electron chi connectivity index (χ0n) is 16.5. The van der Waals surface area contributed by atoms with Crippen LogP contribution in [0.3, 0.4) is 0 Å². The van der Waals surface area contributed by atoms with Crippen molar-refractivity contribution in [3.63, 3.8) is 0 Å². The average molecular weight is 398 g/mol. The topological polar surface area (TPSA) is 68.2 Å². The molecule has 2 atom stereocenters. The number of hydrogen-bond donors (Lipinski definition) is 0. The number of halogens is 1. The number of esters is 2. The number of nitrogens with zero attached hydrogens (tertiary/aromatic N) is 2. The van der Waals surface area contributed by atoms with Crippen LogP contribution in [0.1, 0.15) is 19.4 Å². The molecule has 0 saturated heterocycles. The minimum Gasteiger partial charge on any atom is -0.464 e. The Morgan fingerprint density at radius 3 is 2.34 bits per heavy atom. The van der Waals surface area contributed by atoms with Crippen molar-refractivity contribution in [3.8, 4) is 0 Å². The van der Waals surface area contributed by atoms with Crippen molar-refractivity contribution >= 4 is 23.3 Å².